The third-order valence-corrected chi connectivity index (χ3v) is 8.97. The summed E-state index contributed by atoms with van der Waals surface area (Å²) in [6.07, 6.45) is 1.33. The molecule has 0 amide bonds. The Bertz CT molecular complexity index is 1550. The maximum atomic E-state index is 11.5. The zero-order chi connectivity index (χ0) is 30.8. The van der Waals surface area contributed by atoms with Crippen LogP contribution in [0.15, 0.2) is 78.6 Å². The van der Waals surface area contributed by atoms with Crippen molar-refractivity contribution < 1.29 is 30.0 Å². The van der Waals surface area contributed by atoms with Crippen molar-refractivity contribution in [1.82, 2.24) is 4.98 Å². The van der Waals surface area contributed by atoms with Crippen LogP contribution in [0.3, 0.4) is 0 Å². The summed E-state index contributed by atoms with van der Waals surface area (Å²) >= 11 is 0. The van der Waals surface area contributed by atoms with E-state index in [1.54, 1.807) is 0 Å². The Morgan fingerprint density at radius 3 is 2.00 bits per heavy atom. The quantitative estimate of drug-likeness (QED) is 0.0977. The second-order valence-electron chi connectivity index (χ2n) is 14.0. The minimum atomic E-state index is -1.50. The van der Waals surface area contributed by atoms with Gasteiger partial charge in [-0.15, -0.1) is 34.9 Å². The topological polar surface area (TPSA) is 50.2 Å². The SMILES string of the molecule is CC(C)(C)C(=O)/C=C(\O)C(C)(C)C.Cc1[c-]c(-c2ccc3c(-c4ccccc4)c([Si](C)(C)C)ccc3n2)cc(C)c1.[Ir]. The molecular formula is C37H46IrNO2Si-. The molecular weight excluding hydrogens is 711 g/mol. The summed E-state index contributed by atoms with van der Waals surface area (Å²) < 4.78 is 0. The summed E-state index contributed by atoms with van der Waals surface area (Å²) in [5.41, 5.74) is 7.35. The van der Waals surface area contributed by atoms with Gasteiger partial charge in [-0.3, -0.25) is 9.78 Å². The minimum absolute atomic E-state index is 0. The van der Waals surface area contributed by atoms with Crippen LogP contribution in [0.5, 0.6) is 0 Å². The average Bonchev–Trinajstić information content (AvgIpc) is 2.86. The Kier molecular flexibility index (Phi) is 11.5. The van der Waals surface area contributed by atoms with Crippen LogP contribution in [0.25, 0.3) is 33.3 Å². The molecule has 5 heteroatoms. The summed E-state index contributed by atoms with van der Waals surface area (Å²) in [4.78, 5) is 16.5. The third kappa shape index (κ3) is 9.07. The average molecular weight is 757 g/mol. The Morgan fingerprint density at radius 2 is 1.48 bits per heavy atom. The molecule has 0 saturated heterocycles. The van der Waals surface area contributed by atoms with Gasteiger partial charge in [0.05, 0.1) is 13.6 Å². The van der Waals surface area contributed by atoms with Crippen molar-refractivity contribution in [2.45, 2.75) is 75.0 Å². The number of benzene rings is 3. The van der Waals surface area contributed by atoms with E-state index < -0.39 is 13.5 Å². The number of pyridine rings is 1. The zero-order valence-corrected chi connectivity index (χ0v) is 30.5. The van der Waals surface area contributed by atoms with Crippen molar-refractivity contribution in [1.29, 1.82) is 0 Å². The molecule has 0 spiro atoms. The van der Waals surface area contributed by atoms with Gasteiger partial charge in [-0.25, -0.2) is 0 Å². The molecule has 42 heavy (non-hydrogen) atoms. The van der Waals surface area contributed by atoms with Crippen LogP contribution in [0.2, 0.25) is 19.6 Å². The first-order valence-corrected chi connectivity index (χ1v) is 17.8. The number of fused-ring (bicyclic) bond motifs is 1. The van der Waals surface area contributed by atoms with Crippen molar-refractivity contribution in [3.63, 3.8) is 0 Å². The van der Waals surface area contributed by atoms with Gasteiger partial charge in [-0.1, -0.05) is 129 Å². The molecule has 0 unspecified atom stereocenters. The summed E-state index contributed by atoms with van der Waals surface area (Å²) in [5.74, 6) is 0.104. The number of aliphatic hydroxyl groups is 1. The molecule has 0 saturated carbocycles. The molecule has 1 heterocycles. The van der Waals surface area contributed by atoms with Gasteiger partial charge < -0.3 is 5.11 Å². The van der Waals surface area contributed by atoms with Crippen LogP contribution in [0, 0.1) is 30.7 Å². The van der Waals surface area contributed by atoms with E-state index in [9.17, 15) is 9.90 Å². The minimum Gasteiger partial charge on any atom is -0.512 e. The monoisotopic (exact) mass is 757 g/mol. The summed E-state index contributed by atoms with van der Waals surface area (Å²) in [6, 6.07) is 27.4. The molecule has 0 aliphatic rings. The number of ketones is 1. The van der Waals surface area contributed by atoms with E-state index in [0.717, 1.165) is 22.3 Å². The van der Waals surface area contributed by atoms with Crippen molar-refractivity contribution in [2.24, 2.45) is 10.8 Å². The van der Waals surface area contributed by atoms with Crippen LogP contribution < -0.4 is 5.19 Å². The van der Waals surface area contributed by atoms with Crippen LogP contribution in [-0.4, -0.2) is 23.9 Å². The van der Waals surface area contributed by atoms with E-state index in [4.69, 9.17) is 4.98 Å². The second-order valence-corrected chi connectivity index (χ2v) is 19.1. The fourth-order valence-corrected chi connectivity index (χ4v) is 6.10. The molecule has 4 rings (SSSR count). The van der Waals surface area contributed by atoms with Gasteiger partial charge >= 0.3 is 0 Å². The van der Waals surface area contributed by atoms with Gasteiger partial charge in [-0.05, 0) is 22.9 Å². The van der Waals surface area contributed by atoms with Gasteiger partial charge in [0.15, 0.2) is 5.78 Å². The number of hydrogen-bond donors (Lipinski definition) is 1. The van der Waals surface area contributed by atoms with E-state index >= 15 is 0 Å². The van der Waals surface area contributed by atoms with Gasteiger partial charge in [0, 0.05) is 42.4 Å². The summed E-state index contributed by atoms with van der Waals surface area (Å²) in [5, 5.41) is 12.3. The van der Waals surface area contributed by atoms with Crippen LogP contribution in [-0.2, 0) is 24.9 Å². The Labute approximate surface area is 267 Å². The second kappa shape index (κ2) is 13.6. The third-order valence-electron chi connectivity index (χ3n) is 6.94. The number of carbonyl (C=O) groups excluding carboxylic acids is 1. The normalized spacial score (nSPS) is 12.3. The number of allylic oxidation sites excluding steroid dienone is 2. The molecule has 225 valence electrons. The number of aromatic nitrogens is 1. The van der Waals surface area contributed by atoms with Crippen molar-refractivity contribution in [2.75, 3.05) is 0 Å². The molecule has 0 fully saturated rings. The molecule has 1 radical (unpaired) electrons. The number of rotatable bonds is 4. The van der Waals surface area contributed by atoms with E-state index in [1.807, 2.05) is 41.5 Å². The first-order valence-electron chi connectivity index (χ1n) is 14.3. The molecule has 0 bridgehead atoms. The first kappa shape index (κ1) is 35.3. The zero-order valence-electron chi connectivity index (χ0n) is 27.1. The van der Waals surface area contributed by atoms with Gasteiger partial charge in [0.25, 0.3) is 0 Å². The predicted octanol–water partition coefficient (Wildman–Crippen LogP) is 9.62. The van der Waals surface area contributed by atoms with Gasteiger partial charge in [-0.2, -0.15) is 0 Å². The molecule has 0 aliphatic heterocycles. The number of aryl methyl sites for hydroxylation is 2. The predicted molar refractivity (Wildman–Crippen MR) is 179 cm³/mol. The van der Waals surface area contributed by atoms with Crippen LogP contribution >= 0.6 is 0 Å². The molecule has 3 aromatic carbocycles. The Morgan fingerprint density at radius 1 is 0.857 bits per heavy atom. The molecule has 1 N–H and O–H groups in total. The molecule has 4 aromatic rings. The fraction of sp³-hybridized carbons (Fsp3) is 0.351. The fourth-order valence-electron chi connectivity index (χ4n) is 4.49. The molecule has 0 aliphatic carbocycles. The van der Waals surface area contributed by atoms with Crippen LogP contribution in [0.4, 0.5) is 0 Å². The summed E-state index contributed by atoms with van der Waals surface area (Å²) in [6.45, 7) is 22.6. The molecule has 1 aromatic heterocycles. The summed E-state index contributed by atoms with van der Waals surface area (Å²) in [7, 11) is -1.50. The standard InChI is InChI=1S/C26H26NSi.C11H20O2.Ir/c1-18-15-19(2)17-21(16-18)23-12-11-22-24(27-23)13-14-25(28(3,4)5)26(22)20-9-7-6-8-10-20;1-10(2,3)8(12)7-9(13)11(4,5)6;/h6-16H,1-5H3;7,12H,1-6H3;/q-1;;/b;8-7-;. The van der Waals surface area contributed by atoms with Crippen LogP contribution in [0.1, 0.15) is 52.7 Å². The van der Waals surface area contributed by atoms with Crippen molar-refractivity contribution in [3.05, 3.63) is 95.8 Å². The first-order chi connectivity index (χ1) is 18.9. The molecule has 3 nitrogen and oxygen atoms in total. The van der Waals surface area contributed by atoms with E-state index in [2.05, 4.69) is 106 Å². The number of nitrogens with zero attached hydrogens (tertiary/aromatic N) is 1. The van der Waals surface area contributed by atoms with E-state index in [-0.39, 0.29) is 37.1 Å². The maximum Gasteiger partial charge on any atom is 0.164 e. The smallest absolute Gasteiger partial charge is 0.164 e. The van der Waals surface area contributed by atoms with E-state index in [1.165, 1.54) is 33.3 Å². The number of aliphatic hydroxyl groups excluding tert-OH is 1. The number of carbonyl (C=O) groups is 1. The number of hydrogen-bond acceptors (Lipinski definition) is 3. The Balaban J connectivity index is 0.000000377. The van der Waals surface area contributed by atoms with Gasteiger partial charge in [0.1, 0.15) is 5.76 Å². The Hall–Kier alpha value is -2.85. The van der Waals surface area contributed by atoms with Crippen molar-refractivity contribution in [3.8, 4) is 22.4 Å². The molecule has 0 atom stereocenters. The van der Waals surface area contributed by atoms with Crippen molar-refractivity contribution >= 4 is 29.9 Å². The van der Waals surface area contributed by atoms with Gasteiger partial charge in [0.2, 0.25) is 0 Å². The van der Waals surface area contributed by atoms with E-state index in [0.29, 0.717) is 0 Å². The largest absolute Gasteiger partial charge is 0.512 e. The maximum absolute atomic E-state index is 11.5.